The van der Waals surface area contributed by atoms with Crippen LogP contribution in [0.3, 0.4) is 0 Å². The summed E-state index contributed by atoms with van der Waals surface area (Å²) in [6, 6.07) is 0.0759. The molecule has 4 nitrogen and oxygen atoms in total. The fourth-order valence-corrected chi connectivity index (χ4v) is 3.31. The lowest BCUT2D eigenvalue weighted by molar-refractivity contribution is -0.126. The molecule has 1 aliphatic carbocycles. The number of amides is 1. The Balaban J connectivity index is 1.65. The van der Waals surface area contributed by atoms with E-state index in [1.165, 1.54) is 45.2 Å². The molecule has 1 amide bonds. The maximum absolute atomic E-state index is 12.1. The van der Waals surface area contributed by atoms with E-state index in [2.05, 4.69) is 10.2 Å². The zero-order valence-corrected chi connectivity index (χ0v) is 12.1. The molecule has 2 rings (SSSR count). The molecule has 0 aromatic heterocycles. The Morgan fingerprint density at radius 2 is 1.74 bits per heavy atom. The Kier molecular flexibility index (Phi) is 6.11. The monoisotopic (exact) mass is 267 g/mol. The Labute approximate surface area is 117 Å². The van der Waals surface area contributed by atoms with Crippen LogP contribution in [0.1, 0.15) is 51.4 Å². The van der Waals surface area contributed by atoms with Gasteiger partial charge in [-0.05, 0) is 38.8 Å². The zero-order chi connectivity index (χ0) is 13.5. The van der Waals surface area contributed by atoms with Crippen molar-refractivity contribution < 1.29 is 4.79 Å². The summed E-state index contributed by atoms with van der Waals surface area (Å²) in [5.74, 6) is 0.236. The second kappa shape index (κ2) is 7.85. The summed E-state index contributed by atoms with van der Waals surface area (Å²) in [5, 5.41) is 3.09. The third kappa shape index (κ3) is 4.77. The maximum Gasteiger partial charge on any atom is 0.224 e. The zero-order valence-electron chi connectivity index (χ0n) is 12.1. The molecule has 2 aliphatic rings. The second-order valence-electron chi connectivity index (χ2n) is 6.10. The molecule has 0 bridgehead atoms. The van der Waals surface area contributed by atoms with E-state index in [-0.39, 0.29) is 17.9 Å². The Morgan fingerprint density at radius 1 is 1.05 bits per heavy atom. The van der Waals surface area contributed by atoms with Crippen LogP contribution in [0.5, 0.6) is 0 Å². The van der Waals surface area contributed by atoms with Crippen molar-refractivity contribution in [3.05, 3.63) is 0 Å². The third-order valence-electron chi connectivity index (χ3n) is 4.58. The van der Waals surface area contributed by atoms with Gasteiger partial charge in [0.2, 0.25) is 5.91 Å². The SMILES string of the molecule is NC1CCCCC1C(=O)NCCN1CCCCCC1. The first-order valence-corrected chi connectivity index (χ1v) is 8.03. The number of nitrogens with zero attached hydrogens (tertiary/aromatic N) is 1. The van der Waals surface area contributed by atoms with Crippen molar-refractivity contribution in [2.45, 2.75) is 57.4 Å². The first kappa shape index (κ1) is 14.8. The van der Waals surface area contributed by atoms with E-state index in [1.54, 1.807) is 0 Å². The quantitative estimate of drug-likeness (QED) is 0.811. The van der Waals surface area contributed by atoms with Crippen LogP contribution in [-0.2, 0) is 4.79 Å². The van der Waals surface area contributed by atoms with Gasteiger partial charge in [-0.2, -0.15) is 0 Å². The number of carbonyl (C=O) groups excluding carboxylic acids is 1. The first-order chi connectivity index (χ1) is 9.27. The van der Waals surface area contributed by atoms with Crippen molar-refractivity contribution in [2.75, 3.05) is 26.2 Å². The van der Waals surface area contributed by atoms with Crippen molar-refractivity contribution in [1.29, 1.82) is 0 Å². The fraction of sp³-hybridized carbons (Fsp3) is 0.933. The Hall–Kier alpha value is -0.610. The van der Waals surface area contributed by atoms with E-state index in [4.69, 9.17) is 5.73 Å². The average molecular weight is 267 g/mol. The lowest BCUT2D eigenvalue weighted by Gasteiger charge is -2.28. The summed E-state index contributed by atoms with van der Waals surface area (Å²) < 4.78 is 0. The Bertz CT molecular complexity index is 275. The molecule has 3 N–H and O–H groups in total. The minimum absolute atomic E-state index is 0.0536. The second-order valence-corrected chi connectivity index (χ2v) is 6.10. The lowest BCUT2D eigenvalue weighted by Crippen LogP contribution is -2.45. The molecule has 2 atom stereocenters. The van der Waals surface area contributed by atoms with Crippen LogP contribution >= 0.6 is 0 Å². The summed E-state index contributed by atoms with van der Waals surface area (Å²) in [5.41, 5.74) is 6.04. The lowest BCUT2D eigenvalue weighted by atomic mass is 9.84. The highest BCUT2D eigenvalue weighted by molar-refractivity contribution is 5.79. The third-order valence-corrected chi connectivity index (χ3v) is 4.58. The van der Waals surface area contributed by atoms with Crippen molar-refractivity contribution >= 4 is 5.91 Å². The van der Waals surface area contributed by atoms with Gasteiger partial charge in [0.1, 0.15) is 0 Å². The molecular formula is C15H29N3O. The van der Waals surface area contributed by atoms with Crippen molar-refractivity contribution in [3.8, 4) is 0 Å². The summed E-state index contributed by atoms with van der Waals surface area (Å²) in [4.78, 5) is 14.6. The standard InChI is InChI=1S/C15H29N3O/c16-14-8-4-3-7-13(14)15(19)17-9-12-18-10-5-1-2-6-11-18/h13-14H,1-12,16H2,(H,17,19). The van der Waals surface area contributed by atoms with Crippen LogP contribution in [0.4, 0.5) is 0 Å². The fourth-order valence-electron chi connectivity index (χ4n) is 3.31. The topological polar surface area (TPSA) is 58.4 Å². The van der Waals surface area contributed by atoms with E-state index in [9.17, 15) is 4.79 Å². The number of hydrogen-bond donors (Lipinski definition) is 2. The van der Waals surface area contributed by atoms with E-state index < -0.39 is 0 Å². The predicted octanol–water partition coefficient (Wildman–Crippen LogP) is 1.50. The van der Waals surface area contributed by atoms with Gasteiger partial charge in [0.15, 0.2) is 0 Å². The number of hydrogen-bond acceptors (Lipinski definition) is 3. The molecule has 110 valence electrons. The van der Waals surface area contributed by atoms with Crippen LogP contribution in [0.15, 0.2) is 0 Å². The van der Waals surface area contributed by atoms with E-state index in [1.807, 2.05) is 0 Å². The predicted molar refractivity (Wildman–Crippen MR) is 77.9 cm³/mol. The van der Waals surface area contributed by atoms with Crippen molar-refractivity contribution in [1.82, 2.24) is 10.2 Å². The van der Waals surface area contributed by atoms with Crippen molar-refractivity contribution in [2.24, 2.45) is 11.7 Å². The summed E-state index contributed by atoms with van der Waals surface area (Å²) >= 11 is 0. The summed E-state index contributed by atoms with van der Waals surface area (Å²) in [6.07, 6.45) is 9.64. The van der Waals surface area contributed by atoms with E-state index >= 15 is 0 Å². The molecule has 1 aliphatic heterocycles. The number of rotatable bonds is 4. The molecule has 19 heavy (non-hydrogen) atoms. The molecular weight excluding hydrogens is 238 g/mol. The molecule has 0 aromatic rings. The molecule has 0 radical (unpaired) electrons. The molecule has 2 fully saturated rings. The van der Waals surface area contributed by atoms with Crippen LogP contribution in [-0.4, -0.2) is 43.0 Å². The van der Waals surface area contributed by atoms with Gasteiger partial charge in [-0.3, -0.25) is 4.79 Å². The number of carbonyl (C=O) groups is 1. The molecule has 1 saturated heterocycles. The molecule has 0 spiro atoms. The van der Waals surface area contributed by atoms with Gasteiger partial charge in [-0.15, -0.1) is 0 Å². The van der Waals surface area contributed by atoms with Gasteiger partial charge in [-0.25, -0.2) is 0 Å². The van der Waals surface area contributed by atoms with Crippen molar-refractivity contribution in [3.63, 3.8) is 0 Å². The highest BCUT2D eigenvalue weighted by Crippen LogP contribution is 2.22. The highest BCUT2D eigenvalue weighted by Gasteiger charge is 2.27. The highest BCUT2D eigenvalue weighted by atomic mass is 16.1. The smallest absolute Gasteiger partial charge is 0.224 e. The van der Waals surface area contributed by atoms with Gasteiger partial charge in [0, 0.05) is 19.1 Å². The summed E-state index contributed by atoms with van der Waals surface area (Å²) in [6.45, 7) is 4.16. The number of nitrogens with one attached hydrogen (secondary N) is 1. The first-order valence-electron chi connectivity index (χ1n) is 8.03. The normalized spacial score (nSPS) is 29.7. The molecule has 4 heteroatoms. The largest absolute Gasteiger partial charge is 0.355 e. The number of likely N-dealkylation sites (tertiary alicyclic amines) is 1. The maximum atomic E-state index is 12.1. The number of nitrogens with two attached hydrogens (primary N) is 1. The van der Waals surface area contributed by atoms with Crippen LogP contribution in [0.2, 0.25) is 0 Å². The van der Waals surface area contributed by atoms with Gasteiger partial charge in [0.25, 0.3) is 0 Å². The average Bonchev–Trinajstić information content (AvgIpc) is 2.68. The van der Waals surface area contributed by atoms with Gasteiger partial charge >= 0.3 is 0 Å². The van der Waals surface area contributed by atoms with Crippen LogP contribution < -0.4 is 11.1 Å². The minimum Gasteiger partial charge on any atom is -0.355 e. The van der Waals surface area contributed by atoms with Crippen LogP contribution in [0, 0.1) is 5.92 Å². The van der Waals surface area contributed by atoms with Gasteiger partial charge < -0.3 is 16.0 Å². The minimum atomic E-state index is 0.0536. The van der Waals surface area contributed by atoms with E-state index in [0.717, 1.165) is 32.4 Å². The van der Waals surface area contributed by atoms with Crippen LogP contribution in [0.25, 0.3) is 0 Å². The van der Waals surface area contributed by atoms with E-state index in [0.29, 0.717) is 0 Å². The molecule has 1 heterocycles. The van der Waals surface area contributed by atoms with Gasteiger partial charge in [0.05, 0.1) is 5.92 Å². The van der Waals surface area contributed by atoms with Gasteiger partial charge in [-0.1, -0.05) is 25.7 Å². The summed E-state index contributed by atoms with van der Waals surface area (Å²) in [7, 11) is 0. The Morgan fingerprint density at radius 3 is 2.42 bits per heavy atom. The molecule has 0 aromatic carbocycles. The molecule has 2 unspecified atom stereocenters. The molecule has 1 saturated carbocycles.